The van der Waals surface area contributed by atoms with Crippen LogP contribution < -0.4 is 5.32 Å². The molecule has 1 amide bonds. The molecule has 0 saturated carbocycles. The molecule has 6 nitrogen and oxygen atoms in total. The number of rotatable bonds is 5. The zero-order valence-electron chi connectivity index (χ0n) is 14.0. The first-order valence-electron chi connectivity index (χ1n) is 7.94. The first kappa shape index (κ1) is 17.1. The van der Waals surface area contributed by atoms with Gasteiger partial charge in [-0.15, -0.1) is 0 Å². The van der Waals surface area contributed by atoms with Crippen molar-refractivity contribution in [2.45, 2.75) is 13.0 Å². The van der Waals surface area contributed by atoms with Crippen LogP contribution >= 0.6 is 0 Å². The van der Waals surface area contributed by atoms with Crippen LogP contribution in [0.5, 0.6) is 0 Å². The number of carbonyl (C=O) groups excluding carboxylic acids is 2. The number of benzene rings is 2. The predicted octanol–water partition coefficient (Wildman–Crippen LogP) is 3.46. The highest BCUT2D eigenvalue weighted by Crippen LogP contribution is 2.26. The lowest BCUT2D eigenvalue weighted by atomic mass is 10.1. The molecule has 0 spiro atoms. The van der Waals surface area contributed by atoms with Crippen LogP contribution in [0.3, 0.4) is 0 Å². The van der Waals surface area contributed by atoms with Crippen LogP contribution in [0.1, 0.15) is 27.6 Å². The predicted molar refractivity (Wildman–Crippen MR) is 95.3 cm³/mol. The van der Waals surface area contributed by atoms with Crippen molar-refractivity contribution in [2.75, 3.05) is 0 Å². The third-order valence-electron chi connectivity index (χ3n) is 3.80. The normalized spacial score (nSPS) is 11.4. The maximum absolute atomic E-state index is 12.2. The summed E-state index contributed by atoms with van der Waals surface area (Å²) in [5, 5.41) is 15.4. The highest BCUT2D eigenvalue weighted by molar-refractivity contribution is 5.95. The maximum Gasteiger partial charge on any atom is 0.252 e. The lowest BCUT2D eigenvalue weighted by Crippen LogP contribution is -2.31. The van der Waals surface area contributed by atoms with E-state index in [1.807, 2.05) is 12.1 Å². The lowest BCUT2D eigenvalue weighted by Gasteiger charge is -2.07. The fraction of sp³-hybridized carbons (Fsp3) is 0.100. The smallest absolute Gasteiger partial charge is 0.252 e. The minimum Gasteiger partial charge on any atom is -0.356 e. The largest absolute Gasteiger partial charge is 0.356 e. The Labute approximate surface area is 150 Å². The van der Waals surface area contributed by atoms with Crippen molar-refractivity contribution in [3.8, 4) is 28.7 Å². The monoisotopic (exact) mass is 345 g/mol. The summed E-state index contributed by atoms with van der Waals surface area (Å²) in [5.41, 5.74) is 3.12. The molecule has 0 aliphatic rings. The molecule has 128 valence electrons. The number of aromatic nitrogens is 1. The molecule has 0 aliphatic heterocycles. The number of nitrogens with one attached hydrogen (secondary N) is 1. The molecule has 3 aromatic rings. The van der Waals surface area contributed by atoms with Gasteiger partial charge in [-0.3, -0.25) is 9.59 Å². The molecule has 6 heteroatoms. The molecule has 3 rings (SSSR count). The van der Waals surface area contributed by atoms with E-state index in [-0.39, 0.29) is 5.91 Å². The summed E-state index contributed by atoms with van der Waals surface area (Å²) in [6, 6.07) is 17.0. The second-order valence-corrected chi connectivity index (χ2v) is 5.72. The van der Waals surface area contributed by atoms with Gasteiger partial charge in [0.2, 0.25) is 0 Å². The van der Waals surface area contributed by atoms with Crippen LogP contribution in [-0.4, -0.2) is 23.4 Å². The number of amides is 1. The van der Waals surface area contributed by atoms with Crippen LogP contribution in [0.4, 0.5) is 0 Å². The van der Waals surface area contributed by atoms with E-state index in [9.17, 15) is 9.59 Å². The molecular weight excluding hydrogens is 330 g/mol. The Morgan fingerprint density at radius 3 is 2.65 bits per heavy atom. The van der Waals surface area contributed by atoms with E-state index in [1.54, 1.807) is 55.5 Å². The average molecular weight is 345 g/mol. The number of nitrogens with zero attached hydrogens (tertiary/aromatic N) is 2. The summed E-state index contributed by atoms with van der Waals surface area (Å²) in [6.07, 6.45) is 0.777. The van der Waals surface area contributed by atoms with Gasteiger partial charge in [0.15, 0.2) is 5.76 Å². The van der Waals surface area contributed by atoms with E-state index in [2.05, 4.69) is 10.5 Å². The van der Waals surface area contributed by atoms with Crippen molar-refractivity contribution in [2.24, 2.45) is 0 Å². The van der Waals surface area contributed by atoms with Gasteiger partial charge in [-0.25, -0.2) is 0 Å². The van der Waals surface area contributed by atoms with Crippen molar-refractivity contribution < 1.29 is 14.1 Å². The van der Waals surface area contributed by atoms with Crippen molar-refractivity contribution >= 4 is 12.2 Å². The summed E-state index contributed by atoms with van der Waals surface area (Å²) in [4.78, 5) is 22.9. The van der Waals surface area contributed by atoms with E-state index in [0.29, 0.717) is 22.6 Å². The molecule has 0 aliphatic carbocycles. The SMILES string of the molecule is C[C@H](C#N)NC(=O)c1cccc(-c2cc(-c3ccc(C=O)cc3)on2)c1. The molecule has 26 heavy (non-hydrogen) atoms. The molecule has 2 aromatic carbocycles. The molecule has 0 fully saturated rings. The second kappa shape index (κ2) is 7.45. The Morgan fingerprint density at radius 1 is 1.19 bits per heavy atom. The van der Waals surface area contributed by atoms with Gasteiger partial charge in [0.05, 0.1) is 6.07 Å². The Morgan fingerprint density at radius 2 is 1.96 bits per heavy atom. The molecule has 1 heterocycles. The number of aldehydes is 1. The van der Waals surface area contributed by atoms with Gasteiger partial charge in [-0.1, -0.05) is 41.6 Å². The molecular formula is C20H15N3O3. The van der Waals surface area contributed by atoms with Crippen LogP contribution in [0.2, 0.25) is 0 Å². The van der Waals surface area contributed by atoms with E-state index in [0.717, 1.165) is 17.4 Å². The van der Waals surface area contributed by atoms with E-state index < -0.39 is 6.04 Å². The summed E-state index contributed by atoms with van der Waals surface area (Å²) in [7, 11) is 0. The number of nitriles is 1. The first-order chi connectivity index (χ1) is 12.6. The van der Waals surface area contributed by atoms with Crippen molar-refractivity contribution in [1.29, 1.82) is 5.26 Å². The van der Waals surface area contributed by atoms with Gasteiger partial charge in [0, 0.05) is 28.3 Å². The van der Waals surface area contributed by atoms with Gasteiger partial charge < -0.3 is 9.84 Å². The van der Waals surface area contributed by atoms with Crippen LogP contribution in [-0.2, 0) is 0 Å². The lowest BCUT2D eigenvalue weighted by molar-refractivity contribution is 0.0947. The Hall–Kier alpha value is -3.72. The van der Waals surface area contributed by atoms with E-state index in [4.69, 9.17) is 9.78 Å². The van der Waals surface area contributed by atoms with Crippen molar-refractivity contribution in [3.63, 3.8) is 0 Å². The van der Waals surface area contributed by atoms with Gasteiger partial charge in [0.1, 0.15) is 18.0 Å². The number of hydrogen-bond donors (Lipinski definition) is 1. The summed E-state index contributed by atoms with van der Waals surface area (Å²) in [5.74, 6) is 0.236. The Kier molecular flexibility index (Phi) is 4.90. The highest BCUT2D eigenvalue weighted by Gasteiger charge is 2.13. The van der Waals surface area contributed by atoms with Crippen LogP contribution in [0.15, 0.2) is 59.1 Å². The standard InChI is InChI=1S/C20H15N3O3/c1-13(11-21)22-20(25)17-4-2-3-16(9-17)18-10-19(26-23-18)15-7-5-14(12-24)6-8-15/h2-10,12-13H,1H3,(H,22,25)/t13-/m1/s1. The zero-order chi connectivity index (χ0) is 18.5. The Bertz CT molecular complexity index is 984. The summed E-state index contributed by atoms with van der Waals surface area (Å²) < 4.78 is 5.38. The van der Waals surface area contributed by atoms with Gasteiger partial charge >= 0.3 is 0 Å². The number of hydrogen-bond acceptors (Lipinski definition) is 5. The highest BCUT2D eigenvalue weighted by atomic mass is 16.5. The molecule has 1 atom stereocenters. The summed E-state index contributed by atoms with van der Waals surface area (Å²) >= 11 is 0. The number of carbonyl (C=O) groups is 2. The molecule has 1 N–H and O–H groups in total. The van der Waals surface area contributed by atoms with Gasteiger partial charge in [-0.05, 0) is 19.1 Å². The third-order valence-corrected chi connectivity index (χ3v) is 3.80. The van der Waals surface area contributed by atoms with Crippen molar-refractivity contribution in [1.82, 2.24) is 10.5 Å². The van der Waals surface area contributed by atoms with Crippen molar-refractivity contribution in [3.05, 3.63) is 65.7 Å². The fourth-order valence-electron chi connectivity index (χ4n) is 2.41. The van der Waals surface area contributed by atoms with Crippen LogP contribution in [0.25, 0.3) is 22.6 Å². The fourth-order valence-corrected chi connectivity index (χ4v) is 2.41. The van der Waals surface area contributed by atoms with Gasteiger partial charge in [0.25, 0.3) is 5.91 Å². The molecule has 1 aromatic heterocycles. The molecule has 0 bridgehead atoms. The third kappa shape index (κ3) is 3.68. The minimum atomic E-state index is -0.570. The van der Waals surface area contributed by atoms with E-state index in [1.165, 1.54) is 0 Å². The average Bonchev–Trinajstić information content (AvgIpc) is 3.18. The minimum absolute atomic E-state index is 0.325. The van der Waals surface area contributed by atoms with Gasteiger partial charge in [-0.2, -0.15) is 5.26 Å². The van der Waals surface area contributed by atoms with E-state index >= 15 is 0 Å². The zero-order valence-corrected chi connectivity index (χ0v) is 14.0. The summed E-state index contributed by atoms with van der Waals surface area (Å²) in [6.45, 7) is 1.61. The topological polar surface area (TPSA) is 96.0 Å². The quantitative estimate of drug-likeness (QED) is 0.714. The van der Waals surface area contributed by atoms with Crippen LogP contribution in [0, 0.1) is 11.3 Å². The molecule has 0 radical (unpaired) electrons. The first-order valence-corrected chi connectivity index (χ1v) is 7.94. The molecule has 0 unspecified atom stereocenters. The maximum atomic E-state index is 12.2. The Balaban J connectivity index is 1.85. The molecule has 0 saturated heterocycles. The second-order valence-electron chi connectivity index (χ2n) is 5.72.